The van der Waals surface area contributed by atoms with Crippen LogP contribution in [-0.2, 0) is 0 Å². The Kier molecular flexibility index (Phi) is 7.24. The highest BCUT2D eigenvalue weighted by molar-refractivity contribution is 5.74. The predicted molar refractivity (Wildman–Crippen MR) is 88.3 cm³/mol. The number of nitrogens with zero attached hydrogens (tertiary/aromatic N) is 1. The maximum Gasteiger partial charge on any atom is 0.387 e. The van der Waals surface area contributed by atoms with Crippen LogP contribution < -0.4 is 15.4 Å². The zero-order valence-electron chi connectivity index (χ0n) is 13.9. The van der Waals surface area contributed by atoms with E-state index < -0.39 is 6.61 Å². The van der Waals surface area contributed by atoms with Gasteiger partial charge in [-0.05, 0) is 50.6 Å². The van der Waals surface area contributed by atoms with Crippen molar-refractivity contribution < 1.29 is 18.3 Å². The van der Waals surface area contributed by atoms with Gasteiger partial charge in [0.1, 0.15) is 5.75 Å². The third-order valence-electron chi connectivity index (χ3n) is 4.12. The number of carbonyl (C=O) groups is 1. The zero-order chi connectivity index (χ0) is 17.4. The van der Waals surface area contributed by atoms with Crippen molar-refractivity contribution >= 4 is 6.03 Å². The molecule has 1 saturated heterocycles. The topological polar surface area (TPSA) is 53.6 Å². The highest BCUT2D eigenvalue weighted by Gasteiger charge is 2.12. The minimum absolute atomic E-state index is 0.104. The van der Waals surface area contributed by atoms with Gasteiger partial charge in [-0.2, -0.15) is 8.78 Å². The van der Waals surface area contributed by atoms with Gasteiger partial charge in [0.2, 0.25) is 0 Å². The van der Waals surface area contributed by atoms with E-state index >= 15 is 0 Å². The molecule has 1 fully saturated rings. The molecule has 0 aromatic heterocycles. The molecular formula is C17H25F2N3O2. The largest absolute Gasteiger partial charge is 0.435 e. The van der Waals surface area contributed by atoms with E-state index in [1.807, 2.05) is 6.92 Å². The first-order chi connectivity index (χ1) is 11.5. The maximum absolute atomic E-state index is 12.1. The Balaban J connectivity index is 1.70. The van der Waals surface area contributed by atoms with Crippen LogP contribution in [0.4, 0.5) is 13.6 Å². The number of piperidine rings is 1. The molecule has 2 amide bonds. The van der Waals surface area contributed by atoms with E-state index in [1.165, 1.54) is 31.4 Å². The van der Waals surface area contributed by atoms with Crippen LogP contribution in [0.3, 0.4) is 0 Å². The van der Waals surface area contributed by atoms with Crippen molar-refractivity contribution in [3.63, 3.8) is 0 Å². The molecule has 2 N–H and O–H groups in total. The van der Waals surface area contributed by atoms with Crippen LogP contribution in [0, 0.1) is 0 Å². The number of carbonyl (C=O) groups excluding carboxylic acids is 1. The highest BCUT2D eigenvalue weighted by atomic mass is 19.3. The fourth-order valence-electron chi connectivity index (χ4n) is 2.78. The molecule has 0 bridgehead atoms. The first kappa shape index (κ1) is 18.4. The summed E-state index contributed by atoms with van der Waals surface area (Å²) >= 11 is 0. The van der Waals surface area contributed by atoms with Gasteiger partial charge in [0.25, 0.3) is 0 Å². The lowest BCUT2D eigenvalue weighted by molar-refractivity contribution is -0.0498. The molecule has 0 saturated carbocycles. The Bertz CT molecular complexity index is 505. The molecule has 1 aliphatic heterocycles. The smallest absolute Gasteiger partial charge is 0.387 e. The van der Waals surface area contributed by atoms with E-state index in [1.54, 1.807) is 12.1 Å². The summed E-state index contributed by atoms with van der Waals surface area (Å²) in [4.78, 5) is 14.3. The van der Waals surface area contributed by atoms with E-state index in [0.29, 0.717) is 6.54 Å². The summed E-state index contributed by atoms with van der Waals surface area (Å²) in [6, 6.07) is 5.81. The second kappa shape index (κ2) is 9.42. The number of urea groups is 1. The minimum atomic E-state index is -2.84. The Labute approximate surface area is 141 Å². The first-order valence-electron chi connectivity index (χ1n) is 8.36. The number of rotatable bonds is 7. The van der Waals surface area contributed by atoms with Crippen molar-refractivity contribution in [3.8, 4) is 5.75 Å². The fraction of sp³-hybridized carbons (Fsp3) is 0.588. The number of halogens is 2. The van der Waals surface area contributed by atoms with Crippen LogP contribution in [0.2, 0.25) is 0 Å². The molecule has 1 aromatic rings. The lowest BCUT2D eigenvalue weighted by atomic mass is 10.1. The summed E-state index contributed by atoms with van der Waals surface area (Å²) in [5, 5.41) is 5.69. The number of hydrogen-bond donors (Lipinski definition) is 2. The Morgan fingerprint density at radius 1 is 1.21 bits per heavy atom. The first-order valence-corrected chi connectivity index (χ1v) is 8.36. The fourth-order valence-corrected chi connectivity index (χ4v) is 2.78. The van der Waals surface area contributed by atoms with E-state index in [2.05, 4.69) is 20.3 Å². The van der Waals surface area contributed by atoms with Crippen molar-refractivity contribution in [2.24, 2.45) is 0 Å². The number of amides is 2. The number of nitrogens with one attached hydrogen (secondary N) is 2. The van der Waals surface area contributed by atoms with Gasteiger partial charge in [0.05, 0.1) is 6.04 Å². The quantitative estimate of drug-likeness (QED) is 0.801. The summed E-state index contributed by atoms with van der Waals surface area (Å²) in [5.41, 5.74) is 0.822. The molecule has 1 aliphatic rings. The van der Waals surface area contributed by atoms with Gasteiger partial charge in [0.15, 0.2) is 0 Å². The van der Waals surface area contributed by atoms with E-state index in [0.717, 1.165) is 25.2 Å². The molecule has 0 aliphatic carbocycles. The summed E-state index contributed by atoms with van der Waals surface area (Å²) in [5.74, 6) is 0.104. The lowest BCUT2D eigenvalue weighted by Gasteiger charge is -2.26. The van der Waals surface area contributed by atoms with Crippen molar-refractivity contribution in [3.05, 3.63) is 29.8 Å². The van der Waals surface area contributed by atoms with Crippen LogP contribution in [0.5, 0.6) is 5.75 Å². The van der Waals surface area contributed by atoms with Crippen molar-refractivity contribution in [2.45, 2.75) is 38.8 Å². The number of hydrogen-bond acceptors (Lipinski definition) is 3. The van der Waals surface area contributed by atoms with Gasteiger partial charge in [0, 0.05) is 13.1 Å². The molecule has 1 heterocycles. The predicted octanol–water partition coefficient (Wildman–Crippen LogP) is 3.13. The molecule has 0 spiro atoms. The summed E-state index contributed by atoms with van der Waals surface area (Å²) in [7, 11) is 0. The Hall–Kier alpha value is -1.89. The highest BCUT2D eigenvalue weighted by Crippen LogP contribution is 2.19. The molecule has 5 nitrogen and oxygen atoms in total. The average molecular weight is 341 g/mol. The summed E-state index contributed by atoms with van der Waals surface area (Å²) < 4.78 is 28.5. The molecule has 2 rings (SSSR count). The molecule has 1 atom stereocenters. The Morgan fingerprint density at radius 3 is 2.50 bits per heavy atom. The molecule has 1 aromatic carbocycles. The Morgan fingerprint density at radius 2 is 1.88 bits per heavy atom. The molecular weight excluding hydrogens is 316 g/mol. The molecule has 1 unspecified atom stereocenters. The summed E-state index contributed by atoms with van der Waals surface area (Å²) in [6.07, 6.45) is 3.76. The molecule has 0 radical (unpaired) electrons. The normalized spacial score (nSPS) is 16.7. The van der Waals surface area contributed by atoms with Gasteiger partial charge in [-0.3, -0.25) is 0 Å². The van der Waals surface area contributed by atoms with Crippen molar-refractivity contribution in [2.75, 3.05) is 26.2 Å². The van der Waals surface area contributed by atoms with Crippen molar-refractivity contribution in [1.29, 1.82) is 0 Å². The number of alkyl halides is 2. The van der Waals surface area contributed by atoms with Crippen LogP contribution in [-0.4, -0.2) is 43.7 Å². The third kappa shape index (κ3) is 6.31. The minimum Gasteiger partial charge on any atom is -0.435 e. The van der Waals surface area contributed by atoms with Crippen LogP contribution in [0.1, 0.15) is 37.8 Å². The second-order valence-corrected chi connectivity index (χ2v) is 5.97. The van der Waals surface area contributed by atoms with Gasteiger partial charge in [-0.15, -0.1) is 0 Å². The van der Waals surface area contributed by atoms with Crippen molar-refractivity contribution in [1.82, 2.24) is 15.5 Å². The van der Waals surface area contributed by atoms with Gasteiger partial charge in [-0.1, -0.05) is 18.6 Å². The van der Waals surface area contributed by atoms with E-state index in [9.17, 15) is 13.6 Å². The number of ether oxygens (including phenoxy) is 1. The van der Waals surface area contributed by atoms with E-state index in [4.69, 9.17) is 0 Å². The van der Waals surface area contributed by atoms with Gasteiger partial charge < -0.3 is 20.3 Å². The van der Waals surface area contributed by atoms with E-state index in [-0.39, 0.29) is 17.8 Å². The van der Waals surface area contributed by atoms with Gasteiger partial charge >= 0.3 is 12.6 Å². The number of likely N-dealkylation sites (tertiary alicyclic amines) is 1. The summed E-state index contributed by atoms with van der Waals surface area (Å²) in [6.45, 7) is 2.69. The average Bonchev–Trinajstić information content (AvgIpc) is 2.56. The maximum atomic E-state index is 12.1. The number of benzene rings is 1. The molecule has 134 valence electrons. The monoisotopic (exact) mass is 341 g/mol. The van der Waals surface area contributed by atoms with Gasteiger partial charge in [-0.25, -0.2) is 4.79 Å². The second-order valence-electron chi connectivity index (χ2n) is 5.97. The zero-order valence-corrected chi connectivity index (χ0v) is 13.9. The molecule has 24 heavy (non-hydrogen) atoms. The van der Waals surface area contributed by atoms with Crippen LogP contribution in [0.15, 0.2) is 24.3 Å². The van der Waals surface area contributed by atoms with Crippen LogP contribution >= 0.6 is 0 Å². The third-order valence-corrected chi connectivity index (χ3v) is 4.12. The molecule has 7 heteroatoms. The SMILES string of the molecule is CC(NC(=O)NCCN1CCCCC1)c1ccc(OC(F)F)cc1. The van der Waals surface area contributed by atoms with Crippen LogP contribution in [0.25, 0.3) is 0 Å². The lowest BCUT2D eigenvalue weighted by Crippen LogP contribution is -2.42. The standard InChI is InChI=1S/C17H25F2N3O2/c1-13(14-5-7-15(8-6-14)24-16(18)19)21-17(23)20-9-12-22-10-3-2-4-11-22/h5-8,13,16H,2-4,9-12H2,1H3,(H2,20,21,23).